The fraction of sp³-hybridized carbons (Fsp3) is 0.522. The number of hydrogen-bond acceptors (Lipinski definition) is 6. The average Bonchev–Trinajstić information content (AvgIpc) is 2.81. The smallest absolute Gasteiger partial charge is 0.243 e. The van der Waals surface area contributed by atoms with Gasteiger partial charge in [0.05, 0.1) is 6.20 Å². The molecule has 0 aromatic carbocycles. The Hall–Kier alpha value is -3.03. The first-order chi connectivity index (χ1) is 15.2. The van der Waals surface area contributed by atoms with Crippen LogP contribution < -0.4 is 10.2 Å². The Morgan fingerprint density at radius 1 is 1.13 bits per heavy atom. The molecule has 8 nitrogen and oxygen atoms in total. The molecule has 3 aliphatic rings. The van der Waals surface area contributed by atoms with Crippen LogP contribution in [0.3, 0.4) is 0 Å². The Labute approximate surface area is 182 Å². The molecule has 0 aliphatic carbocycles. The van der Waals surface area contributed by atoms with Gasteiger partial charge in [-0.2, -0.15) is 0 Å². The Balaban J connectivity index is 1.35. The highest BCUT2D eigenvalue weighted by atomic mass is 16.2. The topological polar surface area (TPSA) is 91.3 Å². The van der Waals surface area contributed by atoms with Crippen molar-refractivity contribution < 1.29 is 9.59 Å². The summed E-state index contributed by atoms with van der Waals surface area (Å²) in [5.41, 5.74) is 0.949. The maximum Gasteiger partial charge on any atom is 0.243 e. The quantitative estimate of drug-likeness (QED) is 0.787. The zero-order valence-corrected chi connectivity index (χ0v) is 17.6. The lowest BCUT2D eigenvalue weighted by atomic mass is 9.71. The minimum atomic E-state index is -0.419. The van der Waals surface area contributed by atoms with Crippen molar-refractivity contribution in [3.63, 3.8) is 0 Å². The first-order valence-corrected chi connectivity index (χ1v) is 11.2. The van der Waals surface area contributed by atoms with E-state index in [1.54, 1.807) is 24.8 Å². The highest BCUT2D eigenvalue weighted by Gasteiger charge is 2.52. The molecule has 0 unspecified atom stereocenters. The van der Waals surface area contributed by atoms with Gasteiger partial charge in [-0.25, -0.2) is 4.98 Å². The molecule has 162 valence electrons. The molecule has 0 spiro atoms. The summed E-state index contributed by atoms with van der Waals surface area (Å²) in [6.45, 7) is 2.09. The molecule has 3 aliphatic heterocycles. The molecule has 2 amide bonds. The summed E-state index contributed by atoms with van der Waals surface area (Å²) < 4.78 is 0. The molecule has 5 rings (SSSR count). The number of anilines is 1. The van der Waals surface area contributed by atoms with Crippen molar-refractivity contribution in [3.05, 3.63) is 48.7 Å². The number of pyridine rings is 1. The monoisotopic (exact) mass is 420 g/mol. The van der Waals surface area contributed by atoms with Crippen LogP contribution in [0.15, 0.2) is 43.0 Å². The summed E-state index contributed by atoms with van der Waals surface area (Å²) in [5.74, 6) is 1.39. The predicted molar refractivity (Wildman–Crippen MR) is 115 cm³/mol. The van der Waals surface area contributed by atoms with E-state index in [4.69, 9.17) is 0 Å². The first kappa shape index (κ1) is 19.9. The van der Waals surface area contributed by atoms with Crippen LogP contribution in [-0.2, 0) is 16.0 Å². The number of piperidine rings is 3. The van der Waals surface area contributed by atoms with E-state index >= 15 is 0 Å². The minimum Gasteiger partial charge on any atom is -0.355 e. The van der Waals surface area contributed by atoms with E-state index in [1.807, 2.05) is 23.1 Å². The highest BCUT2D eigenvalue weighted by Crippen LogP contribution is 2.42. The number of carbonyl (C=O) groups is 2. The number of rotatable bonds is 5. The van der Waals surface area contributed by atoms with E-state index in [2.05, 4.69) is 25.2 Å². The molecule has 1 N–H and O–H groups in total. The number of fused-ring (bicyclic) bond motifs is 4. The van der Waals surface area contributed by atoms with Gasteiger partial charge in [-0.3, -0.25) is 19.6 Å². The SMILES string of the molecule is O=C(NCCc1ccccn1)[C@H]1[C@@H]2C[C@@H](CN(c3cnccn3)C2)[C@@H]2CCCC(=O)N21. The summed E-state index contributed by atoms with van der Waals surface area (Å²) in [6, 6.07) is 5.50. The molecule has 2 aromatic heterocycles. The van der Waals surface area contributed by atoms with Gasteiger partial charge in [0.25, 0.3) is 0 Å². The minimum absolute atomic E-state index is 0.0411. The van der Waals surface area contributed by atoms with Crippen molar-refractivity contribution in [1.82, 2.24) is 25.2 Å². The van der Waals surface area contributed by atoms with E-state index in [1.165, 1.54) is 0 Å². The van der Waals surface area contributed by atoms with E-state index in [0.29, 0.717) is 31.8 Å². The van der Waals surface area contributed by atoms with Crippen molar-refractivity contribution in [2.24, 2.45) is 11.8 Å². The molecular weight excluding hydrogens is 392 g/mol. The maximum atomic E-state index is 13.4. The number of nitrogens with one attached hydrogen (secondary N) is 1. The Morgan fingerprint density at radius 2 is 2.03 bits per heavy atom. The van der Waals surface area contributed by atoms with Crippen LogP contribution in [0.2, 0.25) is 0 Å². The van der Waals surface area contributed by atoms with E-state index in [9.17, 15) is 9.59 Å². The van der Waals surface area contributed by atoms with E-state index in [-0.39, 0.29) is 23.8 Å². The molecule has 2 bridgehead atoms. The second-order valence-electron chi connectivity index (χ2n) is 8.79. The third-order valence-corrected chi connectivity index (χ3v) is 6.89. The molecule has 8 heteroatoms. The van der Waals surface area contributed by atoms with Crippen LogP contribution in [0.1, 0.15) is 31.4 Å². The molecule has 3 saturated heterocycles. The van der Waals surface area contributed by atoms with Crippen LogP contribution in [0.5, 0.6) is 0 Å². The van der Waals surface area contributed by atoms with Gasteiger partial charge in [0.15, 0.2) is 0 Å². The summed E-state index contributed by atoms with van der Waals surface area (Å²) in [7, 11) is 0. The molecule has 4 atom stereocenters. The van der Waals surface area contributed by atoms with Gasteiger partial charge in [0, 0.05) is 68.7 Å². The number of hydrogen-bond donors (Lipinski definition) is 1. The molecular formula is C23H28N6O2. The van der Waals surface area contributed by atoms with E-state index in [0.717, 1.165) is 37.3 Å². The maximum absolute atomic E-state index is 13.4. The van der Waals surface area contributed by atoms with Crippen LogP contribution in [0, 0.1) is 11.8 Å². The molecule has 31 heavy (non-hydrogen) atoms. The standard InChI is InChI=1S/C23H28N6O2/c30-21-6-3-5-19-16-12-17(15-28(14-16)20-13-24-10-11-26-20)22(29(19)21)23(31)27-9-7-18-4-1-2-8-25-18/h1-2,4,8,10-11,13,16-17,19,22H,3,5-7,9,12,14-15H2,(H,27,31)/t16-,17+,19-,22+/m0/s1. The third-order valence-electron chi connectivity index (χ3n) is 6.89. The Kier molecular flexibility index (Phi) is 5.53. The average molecular weight is 421 g/mol. The van der Waals surface area contributed by atoms with Gasteiger partial charge >= 0.3 is 0 Å². The zero-order valence-electron chi connectivity index (χ0n) is 17.6. The Morgan fingerprint density at radius 3 is 2.84 bits per heavy atom. The number of carbonyl (C=O) groups excluding carboxylic acids is 2. The van der Waals surface area contributed by atoms with Gasteiger partial charge in [0.1, 0.15) is 11.9 Å². The molecule has 3 fully saturated rings. The fourth-order valence-electron chi connectivity index (χ4n) is 5.60. The third kappa shape index (κ3) is 3.98. The highest BCUT2D eigenvalue weighted by molar-refractivity contribution is 5.89. The van der Waals surface area contributed by atoms with Gasteiger partial charge in [-0.15, -0.1) is 0 Å². The zero-order chi connectivity index (χ0) is 21.2. The lowest BCUT2D eigenvalue weighted by Gasteiger charge is -2.56. The first-order valence-electron chi connectivity index (χ1n) is 11.2. The molecule has 0 saturated carbocycles. The summed E-state index contributed by atoms with van der Waals surface area (Å²) in [4.78, 5) is 43.5. The lowest BCUT2D eigenvalue weighted by molar-refractivity contribution is -0.156. The molecule has 2 aromatic rings. The van der Waals surface area contributed by atoms with Gasteiger partial charge in [-0.05, 0) is 37.3 Å². The van der Waals surface area contributed by atoms with Gasteiger partial charge < -0.3 is 15.1 Å². The number of nitrogens with zero attached hydrogens (tertiary/aromatic N) is 5. The number of amides is 2. The number of aromatic nitrogens is 3. The summed E-state index contributed by atoms with van der Waals surface area (Å²) >= 11 is 0. The van der Waals surface area contributed by atoms with E-state index < -0.39 is 6.04 Å². The van der Waals surface area contributed by atoms with Crippen molar-refractivity contribution in [2.45, 2.75) is 44.2 Å². The normalized spacial score (nSPS) is 27.5. The van der Waals surface area contributed by atoms with Crippen LogP contribution in [0.4, 0.5) is 5.82 Å². The summed E-state index contributed by atoms with van der Waals surface area (Å²) in [5, 5.41) is 3.09. The second-order valence-corrected chi connectivity index (χ2v) is 8.79. The predicted octanol–water partition coefficient (Wildman–Crippen LogP) is 1.44. The van der Waals surface area contributed by atoms with Crippen molar-refractivity contribution in [3.8, 4) is 0 Å². The molecule has 0 radical (unpaired) electrons. The molecule has 5 heterocycles. The summed E-state index contributed by atoms with van der Waals surface area (Å²) in [6.07, 6.45) is 11.0. The van der Waals surface area contributed by atoms with Crippen LogP contribution in [0.25, 0.3) is 0 Å². The Bertz CT molecular complexity index is 924. The largest absolute Gasteiger partial charge is 0.355 e. The van der Waals surface area contributed by atoms with Crippen LogP contribution >= 0.6 is 0 Å². The van der Waals surface area contributed by atoms with Crippen molar-refractivity contribution in [2.75, 3.05) is 24.5 Å². The second kappa shape index (κ2) is 8.61. The van der Waals surface area contributed by atoms with Gasteiger partial charge in [0.2, 0.25) is 11.8 Å². The lowest BCUT2D eigenvalue weighted by Crippen LogP contribution is -2.68. The van der Waals surface area contributed by atoms with Crippen molar-refractivity contribution >= 4 is 17.6 Å². The van der Waals surface area contributed by atoms with Crippen LogP contribution in [-0.4, -0.2) is 63.4 Å². The fourth-order valence-corrected chi connectivity index (χ4v) is 5.60. The van der Waals surface area contributed by atoms with Crippen molar-refractivity contribution in [1.29, 1.82) is 0 Å². The van der Waals surface area contributed by atoms with Gasteiger partial charge in [-0.1, -0.05) is 6.07 Å².